The Balaban J connectivity index is 1.75. The first-order chi connectivity index (χ1) is 8.11. The van der Waals surface area contributed by atoms with Gasteiger partial charge in [0.05, 0.1) is 6.54 Å². The Bertz CT molecular complexity index is 358. The van der Waals surface area contributed by atoms with E-state index in [9.17, 15) is 0 Å². The predicted octanol–water partition coefficient (Wildman–Crippen LogP) is 0.872. The first-order valence-corrected chi connectivity index (χ1v) is 6.45. The van der Waals surface area contributed by atoms with Gasteiger partial charge in [0.25, 0.3) is 0 Å². The van der Waals surface area contributed by atoms with Crippen LogP contribution in [0.3, 0.4) is 0 Å². The van der Waals surface area contributed by atoms with E-state index in [-0.39, 0.29) is 5.54 Å². The minimum Gasteiger partial charge on any atom is -0.315 e. The zero-order valence-electron chi connectivity index (χ0n) is 11.1. The highest BCUT2D eigenvalue weighted by Gasteiger charge is 2.18. The van der Waals surface area contributed by atoms with E-state index in [4.69, 9.17) is 0 Å². The molecule has 2 heterocycles. The highest BCUT2D eigenvalue weighted by Crippen LogP contribution is 2.09. The molecule has 0 aliphatic carbocycles. The minimum atomic E-state index is 0.246. The summed E-state index contributed by atoms with van der Waals surface area (Å²) in [4.78, 5) is 2.43. The molecule has 17 heavy (non-hydrogen) atoms. The highest BCUT2D eigenvalue weighted by molar-refractivity contribution is 4.90. The van der Waals surface area contributed by atoms with Gasteiger partial charge in [0.15, 0.2) is 0 Å². The van der Waals surface area contributed by atoms with Crippen molar-refractivity contribution >= 4 is 0 Å². The molecule has 0 atom stereocenters. The summed E-state index contributed by atoms with van der Waals surface area (Å²) in [6.07, 6.45) is 2.98. The molecule has 1 aliphatic rings. The van der Waals surface area contributed by atoms with Gasteiger partial charge in [-0.1, -0.05) is 6.92 Å². The Morgan fingerprint density at radius 3 is 3.00 bits per heavy atom. The normalized spacial score (nSPS) is 17.1. The molecule has 0 radical (unpaired) electrons. The molecule has 0 fully saturated rings. The summed E-state index contributed by atoms with van der Waals surface area (Å²) in [5, 5.41) is 11.7. The lowest BCUT2D eigenvalue weighted by Crippen LogP contribution is -2.44. The van der Waals surface area contributed by atoms with Gasteiger partial charge in [0, 0.05) is 31.7 Å². The van der Waals surface area contributed by atoms with Crippen LogP contribution in [-0.4, -0.2) is 44.8 Å². The third-order valence-corrected chi connectivity index (χ3v) is 3.63. The molecule has 1 aromatic heterocycles. The molecule has 0 bridgehead atoms. The van der Waals surface area contributed by atoms with Crippen molar-refractivity contribution in [3.05, 3.63) is 12.2 Å². The molecule has 1 aromatic rings. The van der Waals surface area contributed by atoms with Gasteiger partial charge in [0.1, 0.15) is 12.2 Å². The summed E-state index contributed by atoms with van der Waals surface area (Å²) in [7, 11) is 0. The molecule has 0 spiro atoms. The summed E-state index contributed by atoms with van der Waals surface area (Å²) in [5.41, 5.74) is 0.246. The molecule has 5 nitrogen and oxygen atoms in total. The van der Waals surface area contributed by atoms with E-state index >= 15 is 0 Å². The quantitative estimate of drug-likeness (QED) is 0.825. The summed E-state index contributed by atoms with van der Waals surface area (Å²) in [6, 6.07) is 0. The zero-order chi connectivity index (χ0) is 12.3. The van der Waals surface area contributed by atoms with E-state index in [0.29, 0.717) is 0 Å². The minimum absolute atomic E-state index is 0.246. The van der Waals surface area contributed by atoms with Crippen LogP contribution in [0.5, 0.6) is 0 Å². The Morgan fingerprint density at radius 2 is 2.24 bits per heavy atom. The largest absolute Gasteiger partial charge is 0.315 e. The maximum atomic E-state index is 4.13. The number of fused-ring (bicyclic) bond motifs is 1. The van der Waals surface area contributed by atoms with Gasteiger partial charge in [-0.3, -0.25) is 4.90 Å². The van der Waals surface area contributed by atoms with Crippen molar-refractivity contribution in [2.45, 2.75) is 45.8 Å². The Labute approximate surface area is 103 Å². The van der Waals surface area contributed by atoms with Gasteiger partial charge in [-0.2, -0.15) is 0 Å². The average molecular weight is 237 g/mol. The van der Waals surface area contributed by atoms with Gasteiger partial charge in [-0.15, -0.1) is 10.2 Å². The Kier molecular flexibility index (Phi) is 3.79. The van der Waals surface area contributed by atoms with Crippen LogP contribution in [-0.2, 0) is 13.1 Å². The van der Waals surface area contributed by atoms with Crippen molar-refractivity contribution < 1.29 is 0 Å². The molecular formula is C12H23N5. The van der Waals surface area contributed by atoms with E-state index < -0.39 is 0 Å². The number of nitrogens with one attached hydrogen (secondary N) is 1. The van der Waals surface area contributed by atoms with Crippen LogP contribution < -0.4 is 5.32 Å². The van der Waals surface area contributed by atoms with Crippen molar-refractivity contribution in [1.82, 2.24) is 25.0 Å². The van der Waals surface area contributed by atoms with Gasteiger partial charge >= 0.3 is 0 Å². The van der Waals surface area contributed by atoms with Gasteiger partial charge < -0.3 is 9.88 Å². The number of aromatic nitrogens is 3. The number of hydrogen-bond donors (Lipinski definition) is 1. The third-order valence-electron chi connectivity index (χ3n) is 3.63. The van der Waals surface area contributed by atoms with E-state index in [1.807, 2.05) is 6.33 Å². The standard InChI is InChI=1S/C12H23N5/c1-4-12(2,3)13-5-6-16-7-8-17-10-14-15-11(17)9-16/h10,13H,4-9H2,1-3H3. The van der Waals surface area contributed by atoms with Crippen LogP contribution in [0.2, 0.25) is 0 Å². The monoisotopic (exact) mass is 237 g/mol. The number of rotatable bonds is 5. The average Bonchev–Trinajstić information content (AvgIpc) is 2.76. The number of hydrogen-bond acceptors (Lipinski definition) is 4. The Morgan fingerprint density at radius 1 is 1.41 bits per heavy atom. The van der Waals surface area contributed by atoms with Crippen molar-refractivity contribution in [3.8, 4) is 0 Å². The molecule has 0 aromatic carbocycles. The van der Waals surface area contributed by atoms with E-state index in [1.54, 1.807) is 0 Å². The van der Waals surface area contributed by atoms with Gasteiger partial charge in [0.2, 0.25) is 0 Å². The SMILES string of the molecule is CCC(C)(C)NCCN1CCn2cnnc2C1. The molecule has 0 saturated carbocycles. The molecule has 5 heteroatoms. The van der Waals surface area contributed by atoms with Crippen LogP contribution in [0.15, 0.2) is 6.33 Å². The molecule has 96 valence electrons. The van der Waals surface area contributed by atoms with Crippen molar-refractivity contribution in [2.75, 3.05) is 19.6 Å². The van der Waals surface area contributed by atoms with E-state index in [2.05, 4.69) is 45.8 Å². The first-order valence-electron chi connectivity index (χ1n) is 6.45. The van der Waals surface area contributed by atoms with Gasteiger partial charge in [-0.05, 0) is 20.3 Å². The predicted molar refractivity (Wildman–Crippen MR) is 67.7 cm³/mol. The van der Waals surface area contributed by atoms with Crippen LogP contribution in [0, 0.1) is 0 Å². The zero-order valence-corrected chi connectivity index (χ0v) is 11.1. The molecular weight excluding hydrogens is 214 g/mol. The summed E-state index contributed by atoms with van der Waals surface area (Å²) in [6.45, 7) is 11.9. The molecule has 1 N–H and O–H groups in total. The van der Waals surface area contributed by atoms with E-state index in [0.717, 1.165) is 45.0 Å². The fourth-order valence-electron chi connectivity index (χ4n) is 1.98. The smallest absolute Gasteiger partial charge is 0.147 e. The van der Waals surface area contributed by atoms with Crippen molar-refractivity contribution in [2.24, 2.45) is 0 Å². The second-order valence-corrected chi connectivity index (χ2v) is 5.38. The third kappa shape index (κ3) is 3.26. The summed E-state index contributed by atoms with van der Waals surface area (Å²) >= 11 is 0. The lowest BCUT2D eigenvalue weighted by Gasteiger charge is -2.30. The fraction of sp³-hybridized carbons (Fsp3) is 0.833. The topological polar surface area (TPSA) is 46.0 Å². The first kappa shape index (κ1) is 12.5. The van der Waals surface area contributed by atoms with Crippen molar-refractivity contribution in [3.63, 3.8) is 0 Å². The molecule has 2 rings (SSSR count). The maximum absolute atomic E-state index is 4.13. The summed E-state index contributed by atoms with van der Waals surface area (Å²) in [5.74, 6) is 1.09. The lowest BCUT2D eigenvalue weighted by atomic mass is 10.0. The van der Waals surface area contributed by atoms with Crippen molar-refractivity contribution in [1.29, 1.82) is 0 Å². The Hall–Kier alpha value is -0.940. The fourth-order valence-corrected chi connectivity index (χ4v) is 1.98. The van der Waals surface area contributed by atoms with E-state index in [1.165, 1.54) is 0 Å². The summed E-state index contributed by atoms with van der Waals surface area (Å²) < 4.78 is 2.14. The number of nitrogens with zero attached hydrogens (tertiary/aromatic N) is 4. The second kappa shape index (κ2) is 5.14. The molecule has 1 aliphatic heterocycles. The lowest BCUT2D eigenvalue weighted by molar-refractivity contribution is 0.208. The molecule has 0 saturated heterocycles. The van der Waals surface area contributed by atoms with Crippen LogP contribution >= 0.6 is 0 Å². The van der Waals surface area contributed by atoms with Gasteiger partial charge in [-0.25, -0.2) is 0 Å². The molecule has 0 unspecified atom stereocenters. The molecule has 0 amide bonds. The van der Waals surface area contributed by atoms with Crippen LogP contribution in [0.25, 0.3) is 0 Å². The maximum Gasteiger partial charge on any atom is 0.147 e. The van der Waals surface area contributed by atoms with Crippen LogP contribution in [0.4, 0.5) is 0 Å². The van der Waals surface area contributed by atoms with Crippen LogP contribution in [0.1, 0.15) is 33.0 Å². The second-order valence-electron chi connectivity index (χ2n) is 5.38. The highest BCUT2D eigenvalue weighted by atomic mass is 15.3.